The fourth-order valence-corrected chi connectivity index (χ4v) is 3.20. The van der Waals surface area contributed by atoms with Gasteiger partial charge in [0, 0.05) is 35.8 Å². The second-order valence-electron chi connectivity index (χ2n) is 6.64. The Morgan fingerprint density at radius 2 is 2.15 bits per heavy atom. The van der Waals surface area contributed by atoms with E-state index < -0.39 is 0 Å². The van der Waals surface area contributed by atoms with Crippen molar-refractivity contribution in [2.24, 2.45) is 0 Å². The summed E-state index contributed by atoms with van der Waals surface area (Å²) in [6.45, 7) is 4.64. The van der Waals surface area contributed by atoms with Gasteiger partial charge in [-0.3, -0.25) is 0 Å². The van der Waals surface area contributed by atoms with E-state index in [4.69, 9.17) is 4.98 Å². The van der Waals surface area contributed by atoms with Gasteiger partial charge in [0.25, 0.3) is 0 Å². The van der Waals surface area contributed by atoms with Gasteiger partial charge < -0.3 is 5.32 Å². The van der Waals surface area contributed by atoms with Crippen LogP contribution < -0.4 is 5.32 Å². The first kappa shape index (κ1) is 15.0. The molecule has 0 amide bonds. The molecular formula is C18H18N8. The molecule has 0 radical (unpaired) electrons. The summed E-state index contributed by atoms with van der Waals surface area (Å²) in [7, 11) is 0. The van der Waals surface area contributed by atoms with Crippen LogP contribution in [0.4, 0.5) is 5.69 Å². The molecule has 0 aromatic carbocycles. The van der Waals surface area contributed by atoms with Crippen LogP contribution in [0.25, 0.3) is 16.8 Å². The smallest absolute Gasteiger partial charge is 0.177 e. The Labute approximate surface area is 149 Å². The van der Waals surface area contributed by atoms with Gasteiger partial charge in [0.1, 0.15) is 11.8 Å². The topological polar surface area (TPSA) is 85.8 Å². The van der Waals surface area contributed by atoms with Crippen molar-refractivity contribution in [3.8, 4) is 0 Å². The molecule has 130 valence electrons. The monoisotopic (exact) mass is 346 g/mol. The van der Waals surface area contributed by atoms with Gasteiger partial charge >= 0.3 is 0 Å². The molecular weight excluding hydrogens is 328 g/mol. The average molecular weight is 346 g/mol. The van der Waals surface area contributed by atoms with Gasteiger partial charge in [-0.1, -0.05) is 13.0 Å². The molecule has 8 heteroatoms. The van der Waals surface area contributed by atoms with Crippen molar-refractivity contribution in [2.75, 3.05) is 5.32 Å². The van der Waals surface area contributed by atoms with Crippen LogP contribution in [-0.2, 0) is 6.54 Å². The van der Waals surface area contributed by atoms with E-state index in [-0.39, 0.29) is 0 Å². The van der Waals surface area contributed by atoms with Gasteiger partial charge in [0.05, 0.1) is 18.4 Å². The van der Waals surface area contributed by atoms with Crippen LogP contribution >= 0.6 is 0 Å². The fraction of sp³-hybridized carbons (Fsp3) is 0.278. The third-order valence-corrected chi connectivity index (χ3v) is 4.83. The van der Waals surface area contributed by atoms with Crippen LogP contribution in [0.2, 0.25) is 0 Å². The maximum absolute atomic E-state index is 4.80. The molecule has 5 rings (SSSR count). The van der Waals surface area contributed by atoms with Crippen LogP contribution in [0, 0.1) is 0 Å². The van der Waals surface area contributed by atoms with Gasteiger partial charge in [0.15, 0.2) is 11.3 Å². The van der Waals surface area contributed by atoms with Crippen molar-refractivity contribution in [1.82, 2.24) is 34.3 Å². The second kappa shape index (κ2) is 5.91. The number of rotatable bonds is 5. The number of nitrogens with zero attached hydrogens (tertiary/aromatic N) is 7. The summed E-state index contributed by atoms with van der Waals surface area (Å²) in [4.78, 5) is 13.5. The van der Waals surface area contributed by atoms with Gasteiger partial charge in [-0.05, 0) is 18.9 Å². The first-order chi connectivity index (χ1) is 12.8. The molecule has 4 aromatic heterocycles. The first-order valence-electron chi connectivity index (χ1n) is 8.69. The van der Waals surface area contributed by atoms with E-state index in [0.29, 0.717) is 12.5 Å². The lowest BCUT2D eigenvalue weighted by Crippen LogP contribution is -2.13. The van der Waals surface area contributed by atoms with Crippen molar-refractivity contribution >= 4 is 22.5 Å². The second-order valence-corrected chi connectivity index (χ2v) is 6.64. The summed E-state index contributed by atoms with van der Waals surface area (Å²) < 4.78 is 3.56. The highest BCUT2D eigenvalue weighted by molar-refractivity contribution is 5.69. The minimum Gasteiger partial charge on any atom is -0.358 e. The Balaban J connectivity index is 1.36. The minimum atomic E-state index is 0.518. The Hall–Kier alpha value is -3.29. The number of nitrogens with one attached hydrogen (secondary N) is 1. The lowest BCUT2D eigenvalue weighted by Gasteiger charge is -2.24. The molecule has 0 aliphatic heterocycles. The third-order valence-electron chi connectivity index (χ3n) is 4.83. The SMILES string of the molecule is C=C(Cn1ncc2ncc(C3CCC3)nc21)Nc1ccn2ncnc2c1. The predicted octanol–water partition coefficient (Wildman–Crippen LogP) is 2.76. The van der Waals surface area contributed by atoms with Crippen molar-refractivity contribution in [1.29, 1.82) is 0 Å². The molecule has 1 saturated carbocycles. The minimum absolute atomic E-state index is 0.518. The largest absolute Gasteiger partial charge is 0.358 e. The van der Waals surface area contributed by atoms with Crippen molar-refractivity contribution in [3.05, 3.63) is 55.0 Å². The quantitative estimate of drug-likeness (QED) is 0.598. The Morgan fingerprint density at radius 3 is 3.00 bits per heavy atom. The van der Waals surface area contributed by atoms with E-state index in [1.54, 1.807) is 10.7 Å². The highest BCUT2D eigenvalue weighted by Gasteiger charge is 2.22. The molecule has 0 bridgehead atoms. The summed E-state index contributed by atoms with van der Waals surface area (Å²) in [5, 5.41) is 11.8. The van der Waals surface area contributed by atoms with Crippen molar-refractivity contribution in [3.63, 3.8) is 0 Å². The Bertz CT molecular complexity index is 1100. The normalized spacial score (nSPS) is 14.6. The van der Waals surface area contributed by atoms with Crippen molar-refractivity contribution < 1.29 is 0 Å². The molecule has 0 unspecified atom stereocenters. The number of hydrogen-bond acceptors (Lipinski definition) is 6. The Morgan fingerprint density at radius 1 is 1.23 bits per heavy atom. The van der Waals surface area contributed by atoms with E-state index in [9.17, 15) is 0 Å². The van der Waals surface area contributed by atoms with Crippen LogP contribution in [0.15, 0.2) is 49.3 Å². The van der Waals surface area contributed by atoms with Gasteiger partial charge in [-0.25, -0.2) is 24.1 Å². The molecule has 0 saturated heterocycles. The maximum atomic E-state index is 4.80. The standard InChI is InChI=1S/C18H18N8/c1-12(23-14-5-6-25-17(7-14)20-11-22-25)10-26-18-16(9-21-26)19-8-15(24-18)13-3-2-4-13/h5-9,11,13,23H,1-4,10H2. The zero-order valence-corrected chi connectivity index (χ0v) is 14.2. The van der Waals surface area contributed by atoms with Gasteiger partial charge in [-0.2, -0.15) is 10.2 Å². The molecule has 1 fully saturated rings. The summed E-state index contributed by atoms with van der Waals surface area (Å²) in [5.74, 6) is 0.548. The van der Waals surface area contributed by atoms with E-state index in [2.05, 4.69) is 32.1 Å². The average Bonchev–Trinajstić information content (AvgIpc) is 3.20. The molecule has 26 heavy (non-hydrogen) atoms. The highest BCUT2D eigenvalue weighted by Crippen LogP contribution is 2.35. The van der Waals surface area contributed by atoms with E-state index >= 15 is 0 Å². The zero-order valence-electron chi connectivity index (χ0n) is 14.2. The third kappa shape index (κ3) is 2.59. The van der Waals surface area contributed by atoms with E-state index in [1.807, 2.05) is 29.2 Å². The fourth-order valence-electron chi connectivity index (χ4n) is 3.20. The lowest BCUT2D eigenvalue weighted by molar-refractivity contribution is 0.410. The summed E-state index contributed by atoms with van der Waals surface area (Å²) in [6.07, 6.45) is 10.7. The molecule has 8 nitrogen and oxygen atoms in total. The number of hydrogen-bond donors (Lipinski definition) is 1. The van der Waals surface area contributed by atoms with Crippen LogP contribution in [-0.4, -0.2) is 34.3 Å². The number of anilines is 1. The van der Waals surface area contributed by atoms with Crippen LogP contribution in [0.5, 0.6) is 0 Å². The van der Waals surface area contributed by atoms with Gasteiger partial charge in [0.2, 0.25) is 0 Å². The number of aromatic nitrogens is 7. The molecule has 1 aliphatic carbocycles. The van der Waals surface area contributed by atoms with Gasteiger partial charge in [-0.15, -0.1) is 0 Å². The number of fused-ring (bicyclic) bond motifs is 2. The Kier molecular flexibility index (Phi) is 3.41. The first-order valence-corrected chi connectivity index (χ1v) is 8.69. The summed E-state index contributed by atoms with van der Waals surface area (Å²) in [6, 6.07) is 3.86. The molecule has 1 aliphatic rings. The van der Waals surface area contributed by atoms with Crippen LogP contribution in [0.3, 0.4) is 0 Å². The molecule has 4 heterocycles. The maximum Gasteiger partial charge on any atom is 0.177 e. The lowest BCUT2D eigenvalue weighted by atomic mass is 9.83. The van der Waals surface area contributed by atoms with E-state index in [1.165, 1.54) is 25.6 Å². The zero-order chi connectivity index (χ0) is 17.5. The van der Waals surface area contributed by atoms with Crippen molar-refractivity contribution in [2.45, 2.75) is 31.7 Å². The van der Waals surface area contributed by atoms with E-state index in [0.717, 1.165) is 33.9 Å². The molecule has 0 atom stereocenters. The number of pyridine rings is 1. The molecule has 1 N–H and O–H groups in total. The summed E-state index contributed by atoms with van der Waals surface area (Å²) in [5.41, 5.74) is 5.20. The number of allylic oxidation sites excluding steroid dienone is 1. The highest BCUT2D eigenvalue weighted by atomic mass is 15.3. The van der Waals surface area contributed by atoms with Crippen LogP contribution in [0.1, 0.15) is 30.9 Å². The summed E-state index contributed by atoms with van der Waals surface area (Å²) >= 11 is 0. The predicted molar refractivity (Wildman–Crippen MR) is 97.7 cm³/mol. The molecule has 0 spiro atoms. The molecule has 4 aromatic rings.